The summed E-state index contributed by atoms with van der Waals surface area (Å²) in [5, 5.41) is 15.4. The summed E-state index contributed by atoms with van der Waals surface area (Å²) < 4.78 is 10.3. The second kappa shape index (κ2) is 15.9. The van der Waals surface area contributed by atoms with Crippen molar-refractivity contribution >= 4 is 34.7 Å². The maximum atomic E-state index is 10.8. The Morgan fingerprint density at radius 2 is 1.65 bits per heavy atom. The fourth-order valence-electron chi connectivity index (χ4n) is 3.86. The van der Waals surface area contributed by atoms with Gasteiger partial charge in [0, 0.05) is 49.7 Å². The van der Waals surface area contributed by atoms with E-state index < -0.39 is 0 Å². The van der Waals surface area contributed by atoms with E-state index in [4.69, 9.17) is 14.9 Å². The number of carbonyl (C=O) groups excluding carboxylic acids is 2. The molecule has 3 saturated heterocycles. The smallest absolute Gasteiger partial charge is 0.209 e. The van der Waals surface area contributed by atoms with Crippen LogP contribution in [0.3, 0.4) is 0 Å². The highest BCUT2D eigenvalue weighted by Gasteiger charge is 2.17. The quantitative estimate of drug-likeness (QED) is 0.411. The van der Waals surface area contributed by atoms with Crippen LogP contribution in [-0.4, -0.2) is 107 Å². The maximum absolute atomic E-state index is 10.8. The number of nitrogens with zero attached hydrogens (tertiary/aromatic N) is 2. The number of thiophene rings is 1. The minimum atomic E-state index is 0.389. The van der Waals surface area contributed by atoms with E-state index >= 15 is 0 Å². The Morgan fingerprint density at radius 1 is 1.03 bits per heavy atom. The molecule has 0 spiro atoms. The van der Waals surface area contributed by atoms with Gasteiger partial charge < -0.3 is 35.3 Å². The van der Waals surface area contributed by atoms with Crippen molar-refractivity contribution in [2.75, 3.05) is 72.0 Å². The van der Waals surface area contributed by atoms with Crippen LogP contribution >= 0.6 is 11.3 Å². The molecule has 0 bridgehead atoms. The number of morpholine rings is 1. The van der Waals surface area contributed by atoms with Crippen LogP contribution in [0, 0.1) is 5.41 Å². The molecule has 3 fully saturated rings. The van der Waals surface area contributed by atoms with Gasteiger partial charge >= 0.3 is 0 Å². The molecule has 3 aliphatic rings. The molecule has 0 aliphatic carbocycles. The van der Waals surface area contributed by atoms with Crippen molar-refractivity contribution in [3.05, 3.63) is 16.5 Å². The number of hydrogen-bond donors (Lipinski definition) is 3. The number of ether oxygens (including phenoxy) is 2. The van der Waals surface area contributed by atoms with Crippen LogP contribution in [0.1, 0.15) is 47.8 Å². The Bertz CT molecular complexity index is 740. The first kappa shape index (κ1) is 28.4. The number of carbonyl (C=O) groups is 2. The predicted octanol–water partition coefficient (Wildman–Crippen LogP) is 2.31. The van der Waals surface area contributed by atoms with Crippen molar-refractivity contribution in [1.82, 2.24) is 15.1 Å². The molecule has 0 unspecified atom stereocenters. The zero-order valence-corrected chi connectivity index (χ0v) is 21.6. The zero-order chi connectivity index (χ0) is 24.8. The van der Waals surface area contributed by atoms with Crippen molar-refractivity contribution < 1.29 is 19.1 Å². The Hall–Kier alpha value is -1.85. The first-order valence-electron chi connectivity index (χ1n) is 12.1. The molecule has 0 aromatic carbocycles. The van der Waals surface area contributed by atoms with Gasteiger partial charge in [-0.15, -0.1) is 11.3 Å². The van der Waals surface area contributed by atoms with Gasteiger partial charge in [0.05, 0.1) is 23.1 Å². The Morgan fingerprint density at radius 3 is 2.15 bits per heavy atom. The van der Waals surface area contributed by atoms with E-state index in [0.717, 1.165) is 68.4 Å². The van der Waals surface area contributed by atoms with Crippen LogP contribution in [0.4, 0.5) is 5.00 Å². The van der Waals surface area contributed by atoms with Crippen molar-refractivity contribution in [1.29, 1.82) is 5.41 Å². The average Bonchev–Trinajstić information content (AvgIpc) is 3.30. The fraction of sp³-hybridized carbons (Fsp3) is 0.708. The molecule has 9 nitrogen and oxygen atoms in total. The van der Waals surface area contributed by atoms with Gasteiger partial charge in [-0.25, -0.2) is 0 Å². The molecule has 3 N–H and O–H groups in total. The highest BCUT2D eigenvalue weighted by molar-refractivity contribution is 7.18. The van der Waals surface area contributed by atoms with Gasteiger partial charge in [0.1, 0.15) is 0 Å². The molecule has 34 heavy (non-hydrogen) atoms. The van der Waals surface area contributed by atoms with E-state index in [-0.39, 0.29) is 0 Å². The van der Waals surface area contributed by atoms with Gasteiger partial charge in [-0.1, -0.05) is 0 Å². The van der Waals surface area contributed by atoms with Crippen LogP contribution in [0.2, 0.25) is 0 Å². The molecule has 0 atom stereocenters. The normalized spacial score (nSPS) is 19.8. The van der Waals surface area contributed by atoms with Crippen LogP contribution in [0.25, 0.3) is 0 Å². The van der Waals surface area contributed by atoms with Crippen molar-refractivity contribution in [3.63, 3.8) is 0 Å². The predicted molar refractivity (Wildman–Crippen MR) is 138 cm³/mol. The molecule has 0 radical (unpaired) electrons. The first-order valence-corrected chi connectivity index (χ1v) is 12.9. The van der Waals surface area contributed by atoms with E-state index in [1.807, 2.05) is 0 Å². The third kappa shape index (κ3) is 10.2. The SMILES string of the molecule is CC(=N)c1cc(C=O)sc1NC1CCOCC1.CNC1CCN(C)CC1.O=CN1CCOCC1. The third-order valence-corrected chi connectivity index (χ3v) is 7.14. The van der Waals surface area contributed by atoms with Crippen molar-refractivity contribution in [2.24, 2.45) is 0 Å². The molecule has 1 aromatic rings. The molecule has 4 rings (SSSR count). The minimum absolute atomic E-state index is 0.389. The van der Waals surface area contributed by atoms with E-state index in [2.05, 4.69) is 29.6 Å². The number of likely N-dealkylation sites (tertiary alicyclic amines) is 1. The molecule has 0 saturated carbocycles. The summed E-state index contributed by atoms with van der Waals surface area (Å²) in [5.41, 5.74) is 1.33. The molecule has 1 aromatic heterocycles. The summed E-state index contributed by atoms with van der Waals surface area (Å²) in [6.07, 6.45) is 6.28. The van der Waals surface area contributed by atoms with E-state index in [1.54, 1.807) is 17.9 Å². The summed E-state index contributed by atoms with van der Waals surface area (Å²) in [4.78, 5) is 25.6. The van der Waals surface area contributed by atoms with E-state index in [9.17, 15) is 9.59 Å². The van der Waals surface area contributed by atoms with Crippen LogP contribution in [-0.2, 0) is 14.3 Å². The van der Waals surface area contributed by atoms with Gasteiger partial charge in [0.25, 0.3) is 0 Å². The molecular weight excluding hydrogens is 454 g/mol. The third-order valence-electron chi connectivity index (χ3n) is 6.15. The molecular formula is C24H41N5O4S. The monoisotopic (exact) mass is 495 g/mol. The largest absolute Gasteiger partial charge is 0.381 e. The summed E-state index contributed by atoms with van der Waals surface area (Å²) in [7, 11) is 4.24. The van der Waals surface area contributed by atoms with Crippen LogP contribution < -0.4 is 10.6 Å². The average molecular weight is 496 g/mol. The molecule has 1 amide bonds. The lowest BCUT2D eigenvalue weighted by Crippen LogP contribution is -2.39. The molecule has 3 aliphatic heterocycles. The fourth-order valence-corrected chi connectivity index (χ4v) is 4.87. The number of piperidine rings is 1. The van der Waals surface area contributed by atoms with Crippen LogP contribution in [0.5, 0.6) is 0 Å². The van der Waals surface area contributed by atoms with Gasteiger partial charge in [0.15, 0.2) is 6.29 Å². The van der Waals surface area contributed by atoms with Crippen molar-refractivity contribution in [3.8, 4) is 0 Å². The van der Waals surface area contributed by atoms with E-state index in [0.29, 0.717) is 29.8 Å². The highest BCUT2D eigenvalue weighted by Crippen LogP contribution is 2.29. The summed E-state index contributed by atoms with van der Waals surface area (Å²) in [6, 6.07) is 2.95. The number of aldehydes is 1. The number of rotatable bonds is 6. The van der Waals surface area contributed by atoms with Gasteiger partial charge in [-0.3, -0.25) is 9.59 Å². The second-order valence-corrected chi connectivity index (χ2v) is 9.87. The number of nitrogens with one attached hydrogen (secondary N) is 3. The lowest BCUT2D eigenvalue weighted by atomic mass is 10.1. The van der Waals surface area contributed by atoms with E-state index in [1.165, 1.54) is 37.3 Å². The maximum Gasteiger partial charge on any atom is 0.209 e. The first-order chi connectivity index (χ1) is 16.5. The van der Waals surface area contributed by atoms with Gasteiger partial charge in [0.2, 0.25) is 6.41 Å². The molecule has 4 heterocycles. The summed E-state index contributed by atoms with van der Waals surface area (Å²) in [5.74, 6) is 0. The molecule has 192 valence electrons. The van der Waals surface area contributed by atoms with Gasteiger partial charge in [-0.05, 0) is 65.9 Å². The summed E-state index contributed by atoms with van der Waals surface area (Å²) >= 11 is 1.42. The summed E-state index contributed by atoms with van der Waals surface area (Å²) in [6.45, 7) is 8.71. The number of anilines is 1. The number of hydrogen-bond acceptors (Lipinski definition) is 9. The second-order valence-electron chi connectivity index (χ2n) is 8.79. The number of amides is 1. The lowest BCUT2D eigenvalue weighted by Gasteiger charge is -2.28. The Balaban J connectivity index is 0.000000201. The Labute approximate surface area is 207 Å². The standard InChI is InChI=1S/C12H16N2O2S.C7H16N2.C5H9NO2/c1-8(13)11-6-10(7-15)17-12(11)14-9-2-4-16-5-3-9;1-8-7-3-5-9(2)6-4-7;7-5-6-1-3-8-4-2-6/h6-7,9,13-14H,2-5H2,1H3;7-8H,3-6H2,1-2H3;5H,1-4H2. The zero-order valence-electron chi connectivity index (χ0n) is 20.8. The Kier molecular flexibility index (Phi) is 13.3. The van der Waals surface area contributed by atoms with Gasteiger partial charge in [-0.2, -0.15) is 0 Å². The minimum Gasteiger partial charge on any atom is -0.381 e. The topological polar surface area (TPSA) is 107 Å². The van der Waals surface area contributed by atoms with Crippen LogP contribution in [0.15, 0.2) is 6.07 Å². The highest BCUT2D eigenvalue weighted by atomic mass is 32.1. The molecule has 10 heteroatoms. The van der Waals surface area contributed by atoms with Crippen molar-refractivity contribution in [2.45, 2.75) is 44.7 Å². The lowest BCUT2D eigenvalue weighted by molar-refractivity contribution is -0.121.